The van der Waals surface area contributed by atoms with Gasteiger partial charge in [-0.2, -0.15) is 0 Å². The Morgan fingerprint density at radius 2 is 1.72 bits per heavy atom. The second-order valence-corrected chi connectivity index (χ2v) is 6.78. The van der Waals surface area contributed by atoms with E-state index in [1.54, 1.807) is 21.3 Å². The number of ether oxygens (including phenoxy) is 4. The molecule has 0 spiro atoms. The molecule has 1 aliphatic rings. The van der Waals surface area contributed by atoms with Crippen LogP contribution in [0.1, 0.15) is 25.3 Å². The molecule has 1 saturated heterocycles. The number of hydrogen-bond acceptors (Lipinski definition) is 6. The molecule has 1 aliphatic heterocycles. The van der Waals surface area contributed by atoms with Crippen LogP contribution in [0.25, 0.3) is 0 Å². The van der Waals surface area contributed by atoms with Crippen LogP contribution in [-0.4, -0.2) is 71.4 Å². The first-order valence-electron chi connectivity index (χ1n) is 9.97. The van der Waals surface area contributed by atoms with E-state index in [0.29, 0.717) is 18.7 Å². The number of rotatable bonds is 8. The topological polar surface area (TPSA) is 81.6 Å². The summed E-state index contributed by atoms with van der Waals surface area (Å²) in [5, 5.41) is 3.35. The second-order valence-electron chi connectivity index (χ2n) is 6.78. The largest absolute Gasteiger partial charge is 0.496 e. The SMILES string of the molecule is CCNC(=NCCc1c(OC)cc(OC)cc1OC)N1CCC(C(=O)OC)CC1. The molecule has 162 valence electrons. The standard InChI is InChI=1S/C21H33N3O5/c1-6-22-21(24-11-8-15(9-12-24)20(25)29-5)23-10-7-17-18(27-3)13-16(26-2)14-19(17)28-4/h13-15H,6-12H2,1-5H3,(H,22,23). The molecule has 0 unspecified atom stereocenters. The van der Waals surface area contributed by atoms with Crippen LogP contribution in [-0.2, 0) is 16.0 Å². The summed E-state index contributed by atoms with van der Waals surface area (Å²) < 4.78 is 21.2. The Morgan fingerprint density at radius 3 is 2.21 bits per heavy atom. The number of esters is 1. The second kappa shape index (κ2) is 11.4. The number of hydrogen-bond donors (Lipinski definition) is 1. The maximum atomic E-state index is 11.7. The zero-order chi connectivity index (χ0) is 21.2. The molecule has 0 aromatic heterocycles. The van der Waals surface area contributed by atoms with Gasteiger partial charge in [-0.05, 0) is 26.2 Å². The van der Waals surface area contributed by atoms with Crippen LogP contribution in [0.4, 0.5) is 0 Å². The molecule has 0 saturated carbocycles. The molecule has 0 atom stereocenters. The van der Waals surface area contributed by atoms with Gasteiger partial charge in [0.1, 0.15) is 17.2 Å². The summed E-state index contributed by atoms with van der Waals surface area (Å²) in [5.74, 6) is 2.85. The van der Waals surface area contributed by atoms with Crippen molar-refractivity contribution in [3.8, 4) is 17.2 Å². The number of carbonyl (C=O) groups excluding carboxylic acids is 1. The molecule has 0 amide bonds. The van der Waals surface area contributed by atoms with E-state index in [-0.39, 0.29) is 11.9 Å². The molecule has 0 radical (unpaired) electrons. The molecule has 0 aliphatic carbocycles. The van der Waals surface area contributed by atoms with Crippen molar-refractivity contribution in [1.29, 1.82) is 0 Å². The molecule has 1 heterocycles. The number of nitrogens with zero attached hydrogens (tertiary/aromatic N) is 2. The minimum atomic E-state index is -0.120. The zero-order valence-electron chi connectivity index (χ0n) is 18.1. The maximum Gasteiger partial charge on any atom is 0.308 e. The Morgan fingerprint density at radius 1 is 1.10 bits per heavy atom. The Kier molecular flexibility index (Phi) is 8.89. The van der Waals surface area contributed by atoms with Gasteiger partial charge in [0.25, 0.3) is 0 Å². The number of methoxy groups -OCH3 is 4. The monoisotopic (exact) mass is 407 g/mol. The molecule has 1 N–H and O–H groups in total. The van der Waals surface area contributed by atoms with E-state index in [9.17, 15) is 4.79 Å². The van der Waals surface area contributed by atoms with Crippen molar-refractivity contribution < 1.29 is 23.7 Å². The van der Waals surface area contributed by atoms with Crippen molar-refractivity contribution in [1.82, 2.24) is 10.2 Å². The lowest BCUT2D eigenvalue weighted by Gasteiger charge is -2.33. The van der Waals surface area contributed by atoms with Gasteiger partial charge in [0, 0.05) is 43.9 Å². The number of piperidine rings is 1. The van der Waals surface area contributed by atoms with Gasteiger partial charge < -0.3 is 29.2 Å². The van der Waals surface area contributed by atoms with Crippen LogP contribution < -0.4 is 19.5 Å². The van der Waals surface area contributed by atoms with Crippen molar-refractivity contribution in [2.24, 2.45) is 10.9 Å². The summed E-state index contributed by atoms with van der Waals surface area (Å²) >= 11 is 0. The highest BCUT2D eigenvalue weighted by atomic mass is 16.5. The van der Waals surface area contributed by atoms with Gasteiger partial charge in [-0.15, -0.1) is 0 Å². The molecule has 29 heavy (non-hydrogen) atoms. The third-order valence-corrected chi connectivity index (χ3v) is 5.10. The first kappa shape index (κ1) is 22.6. The molecule has 8 nitrogen and oxygen atoms in total. The van der Waals surface area contributed by atoms with E-state index in [4.69, 9.17) is 23.9 Å². The zero-order valence-corrected chi connectivity index (χ0v) is 18.1. The molecule has 1 aromatic rings. The first-order valence-corrected chi connectivity index (χ1v) is 9.97. The molecule has 2 rings (SSSR count). The minimum absolute atomic E-state index is 0.0213. The van der Waals surface area contributed by atoms with Crippen molar-refractivity contribution in [3.05, 3.63) is 17.7 Å². The quantitative estimate of drug-likeness (QED) is 0.401. The third kappa shape index (κ3) is 5.92. The molecular weight excluding hydrogens is 374 g/mol. The van der Waals surface area contributed by atoms with Gasteiger partial charge in [-0.1, -0.05) is 0 Å². The van der Waals surface area contributed by atoms with Crippen LogP contribution in [0.15, 0.2) is 17.1 Å². The Balaban J connectivity index is 2.07. The fourth-order valence-electron chi connectivity index (χ4n) is 3.52. The first-order chi connectivity index (χ1) is 14.1. The van der Waals surface area contributed by atoms with E-state index < -0.39 is 0 Å². The predicted octanol–water partition coefficient (Wildman–Crippen LogP) is 2.11. The smallest absolute Gasteiger partial charge is 0.308 e. The molecular formula is C21H33N3O5. The number of likely N-dealkylation sites (tertiary alicyclic amines) is 1. The molecule has 1 fully saturated rings. The molecule has 0 bridgehead atoms. The summed E-state index contributed by atoms with van der Waals surface area (Å²) in [6.07, 6.45) is 2.22. The van der Waals surface area contributed by atoms with Gasteiger partial charge in [-0.3, -0.25) is 9.79 Å². The van der Waals surface area contributed by atoms with E-state index in [1.807, 2.05) is 19.1 Å². The van der Waals surface area contributed by atoms with E-state index in [0.717, 1.165) is 55.5 Å². The van der Waals surface area contributed by atoms with Gasteiger partial charge in [0.05, 0.1) is 34.4 Å². The van der Waals surface area contributed by atoms with Gasteiger partial charge in [-0.25, -0.2) is 0 Å². The Labute approximate surface area is 173 Å². The number of aliphatic imine (C=N–C) groups is 1. The number of nitrogens with one attached hydrogen (secondary N) is 1. The molecule has 1 aromatic carbocycles. The highest BCUT2D eigenvalue weighted by Crippen LogP contribution is 2.34. The lowest BCUT2D eigenvalue weighted by molar-refractivity contribution is -0.146. The van der Waals surface area contributed by atoms with Crippen molar-refractivity contribution in [2.75, 3.05) is 54.6 Å². The Bertz CT molecular complexity index is 675. The van der Waals surface area contributed by atoms with Gasteiger partial charge in [0.2, 0.25) is 0 Å². The fraction of sp³-hybridized carbons (Fsp3) is 0.619. The Hall–Kier alpha value is -2.64. The average Bonchev–Trinajstić information content (AvgIpc) is 2.77. The van der Waals surface area contributed by atoms with E-state index >= 15 is 0 Å². The summed E-state index contributed by atoms with van der Waals surface area (Å²) in [4.78, 5) is 18.7. The molecule has 8 heteroatoms. The van der Waals surface area contributed by atoms with E-state index in [1.165, 1.54) is 7.11 Å². The van der Waals surface area contributed by atoms with E-state index in [2.05, 4.69) is 10.2 Å². The van der Waals surface area contributed by atoms with Crippen LogP contribution >= 0.6 is 0 Å². The van der Waals surface area contributed by atoms with Gasteiger partial charge in [0.15, 0.2) is 5.96 Å². The summed E-state index contributed by atoms with van der Waals surface area (Å²) in [5.41, 5.74) is 0.958. The predicted molar refractivity (Wildman–Crippen MR) is 112 cm³/mol. The maximum absolute atomic E-state index is 11.7. The summed E-state index contributed by atoms with van der Waals surface area (Å²) in [6.45, 7) is 4.97. The summed E-state index contributed by atoms with van der Waals surface area (Å²) in [7, 11) is 6.33. The summed E-state index contributed by atoms with van der Waals surface area (Å²) in [6, 6.07) is 3.70. The lowest BCUT2D eigenvalue weighted by Crippen LogP contribution is -2.46. The van der Waals surface area contributed by atoms with Crippen LogP contribution in [0.5, 0.6) is 17.2 Å². The normalized spacial score (nSPS) is 15.1. The van der Waals surface area contributed by atoms with Gasteiger partial charge >= 0.3 is 5.97 Å². The highest BCUT2D eigenvalue weighted by molar-refractivity contribution is 5.80. The van der Waals surface area contributed by atoms with Crippen LogP contribution in [0, 0.1) is 5.92 Å². The highest BCUT2D eigenvalue weighted by Gasteiger charge is 2.27. The fourth-order valence-corrected chi connectivity index (χ4v) is 3.52. The van der Waals surface area contributed by atoms with Crippen LogP contribution in [0.2, 0.25) is 0 Å². The van der Waals surface area contributed by atoms with Crippen molar-refractivity contribution in [2.45, 2.75) is 26.2 Å². The lowest BCUT2D eigenvalue weighted by atomic mass is 9.97. The number of guanidine groups is 1. The third-order valence-electron chi connectivity index (χ3n) is 5.10. The van der Waals surface area contributed by atoms with Crippen LogP contribution in [0.3, 0.4) is 0 Å². The van der Waals surface area contributed by atoms with Crippen molar-refractivity contribution >= 4 is 11.9 Å². The number of benzene rings is 1. The average molecular weight is 408 g/mol. The van der Waals surface area contributed by atoms with Crippen molar-refractivity contribution in [3.63, 3.8) is 0 Å². The minimum Gasteiger partial charge on any atom is -0.496 e. The number of carbonyl (C=O) groups is 1.